The van der Waals surface area contributed by atoms with Crippen molar-refractivity contribution in [1.29, 1.82) is 0 Å². The van der Waals surface area contributed by atoms with Crippen LogP contribution < -0.4 is 10.1 Å². The van der Waals surface area contributed by atoms with E-state index in [4.69, 9.17) is 9.47 Å². The number of rotatable bonds is 6. The van der Waals surface area contributed by atoms with E-state index in [0.29, 0.717) is 24.2 Å². The van der Waals surface area contributed by atoms with Crippen molar-refractivity contribution in [2.24, 2.45) is 0 Å². The third-order valence-electron chi connectivity index (χ3n) is 5.94. The molecule has 1 amide bonds. The minimum Gasteiger partial charge on any atom is -0.489 e. The second kappa shape index (κ2) is 8.42. The van der Waals surface area contributed by atoms with Crippen molar-refractivity contribution in [2.75, 3.05) is 6.61 Å². The van der Waals surface area contributed by atoms with Crippen LogP contribution >= 0.6 is 15.9 Å². The zero-order chi connectivity index (χ0) is 21.3. The highest BCUT2D eigenvalue weighted by atomic mass is 79.9. The molecule has 1 saturated carbocycles. The number of fused-ring (bicyclic) bond motifs is 1. The van der Waals surface area contributed by atoms with Gasteiger partial charge in [0, 0.05) is 17.3 Å². The van der Waals surface area contributed by atoms with Crippen LogP contribution in [0.25, 0.3) is 0 Å². The quantitative estimate of drug-likeness (QED) is 0.628. The molecule has 0 heterocycles. The number of halogens is 1. The summed E-state index contributed by atoms with van der Waals surface area (Å²) in [6.45, 7) is 3.97. The molecule has 0 aromatic heterocycles. The van der Waals surface area contributed by atoms with Crippen LogP contribution in [-0.4, -0.2) is 30.1 Å². The molecule has 5 nitrogen and oxygen atoms in total. The van der Waals surface area contributed by atoms with E-state index in [0.717, 1.165) is 40.4 Å². The highest BCUT2D eigenvalue weighted by molar-refractivity contribution is 9.10. The number of nitrogens with one attached hydrogen (secondary N) is 1. The normalized spacial score (nSPS) is 17.0. The first kappa shape index (κ1) is 20.9. The van der Waals surface area contributed by atoms with Gasteiger partial charge in [-0.3, -0.25) is 4.79 Å². The van der Waals surface area contributed by atoms with E-state index in [1.807, 2.05) is 37.3 Å². The molecule has 2 aliphatic carbocycles. The fraction of sp³-hybridized carbons (Fsp3) is 0.417. The summed E-state index contributed by atoms with van der Waals surface area (Å²) in [4.78, 5) is 26.4. The van der Waals surface area contributed by atoms with E-state index >= 15 is 0 Å². The van der Waals surface area contributed by atoms with E-state index in [2.05, 4.69) is 21.2 Å². The average molecular weight is 472 g/mol. The van der Waals surface area contributed by atoms with Crippen molar-refractivity contribution in [3.63, 3.8) is 0 Å². The molecule has 4 rings (SSSR count). The summed E-state index contributed by atoms with van der Waals surface area (Å²) in [7, 11) is 0. The van der Waals surface area contributed by atoms with Crippen molar-refractivity contribution in [3.8, 4) is 5.75 Å². The molecule has 1 N–H and O–H groups in total. The van der Waals surface area contributed by atoms with E-state index in [1.54, 1.807) is 13.0 Å². The summed E-state index contributed by atoms with van der Waals surface area (Å²) < 4.78 is 12.3. The van der Waals surface area contributed by atoms with Gasteiger partial charge in [0.15, 0.2) is 0 Å². The molecule has 0 bridgehead atoms. The maximum absolute atomic E-state index is 13.5. The lowest BCUT2D eigenvalue weighted by Crippen LogP contribution is -2.56. The van der Waals surface area contributed by atoms with Crippen LogP contribution in [0, 0.1) is 6.92 Å². The van der Waals surface area contributed by atoms with Gasteiger partial charge in [0.25, 0.3) is 5.91 Å². The Kier molecular flexibility index (Phi) is 5.87. The second-order valence-electron chi connectivity index (χ2n) is 8.15. The van der Waals surface area contributed by atoms with Crippen molar-refractivity contribution < 1.29 is 19.1 Å². The number of aryl methyl sites for hydroxylation is 1. The number of carbonyl (C=O) groups is 2. The first-order valence-electron chi connectivity index (χ1n) is 10.4. The van der Waals surface area contributed by atoms with Crippen LogP contribution in [-0.2, 0) is 22.4 Å². The standard InChI is InChI=1S/C24H26BrNO4/c1-3-29-23(28)24(13-16-7-4-5-8-17(16)14-24)26-22(27)20-12-18(25)11-15(2)21(20)30-19-9-6-10-19/h4-5,7-8,11-12,19H,3,6,9-10,13-14H2,1-2H3,(H,26,27). The molecule has 0 saturated heterocycles. The van der Waals surface area contributed by atoms with Crippen LogP contribution in [0.15, 0.2) is 40.9 Å². The molecule has 2 aromatic carbocycles. The lowest BCUT2D eigenvalue weighted by atomic mass is 9.94. The number of esters is 1. The molecular formula is C24H26BrNO4. The van der Waals surface area contributed by atoms with Crippen LogP contribution in [0.1, 0.15) is 53.2 Å². The predicted molar refractivity (Wildman–Crippen MR) is 118 cm³/mol. The number of benzene rings is 2. The average Bonchev–Trinajstić information content (AvgIpc) is 3.05. The second-order valence-corrected chi connectivity index (χ2v) is 9.06. The predicted octanol–water partition coefficient (Wildman–Crippen LogP) is 4.52. The molecule has 30 heavy (non-hydrogen) atoms. The number of ether oxygens (including phenoxy) is 2. The summed E-state index contributed by atoms with van der Waals surface area (Å²) in [6.07, 6.45) is 4.12. The molecule has 0 radical (unpaired) electrons. The maximum Gasteiger partial charge on any atom is 0.332 e. The van der Waals surface area contributed by atoms with Gasteiger partial charge < -0.3 is 14.8 Å². The Bertz CT molecular complexity index is 958. The number of hydrogen-bond acceptors (Lipinski definition) is 4. The topological polar surface area (TPSA) is 64.6 Å². The summed E-state index contributed by atoms with van der Waals surface area (Å²) in [5.74, 6) is -0.132. The van der Waals surface area contributed by atoms with Crippen LogP contribution in [0.3, 0.4) is 0 Å². The summed E-state index contributed by atoms with van der Waals surface area (Å²) in [5, 5.41) is 3.03. The van der Waals surface area contributed by atoms with Crippen LogP contribution in [0.2, 0.25) is 0 Å². The maximum atomic E-state index is 13.5. The minimum atomic E-state index is -1.11. The van der Waals surface area contributed by atoms with Gasteiger partial charge in [-0.15, -0.1) is 0 Å². The van der Waals surface area contributed by atoms with Gasteiger partial charge in [-0.25, -0.2) is 4.79 Å². The monoisotopic (exact) mass is 471 g/mol. The van der Waals surface area contributed by atoms with Gasteiger partial charge in [-0.2, -0.15) is 0 Å². The summed E-state index contributed by atoms with van der Waals surface area (Å²) in [5.41, 5.74) is 2.33. The molecule has 2 aliphatic rings. The SMILES string of the molecule is CCOC(=O)C1(NC(=O)c2cc(Br)cc(C)c2OC2CCC2)Cc2ccccc2C1. The van der Waals surface area contributed by atoms with Gasteiger partial charge in [0.05, 0.1) is 18.3 Å². The van der Waals surface area contributed by atoms with E-state index in [-0.39, 0.29) is 18.6 Å². The Labute approximate surface area is 185 Å². The number of amides is 1. The molecule has 0 atom stereocenters. The summed E-state index contributed by atoms with van der Waals surface area (Å²) >= 11 is 3.49. The van der Waals surface area contributed by atoms with Gasteiger partial charge in [0.1, 0.15) is 11.3 Å². The van der Waals surface area contributed by atoms with Crippen LogP contribution in [0.5, 0.6) is 5.75 Å². The van der Waals surface area contributed by atoms with E-state index in [1.165, 1.54) is 0 Å². The molecule has 0 aliphatic heterocycles. The highest BCUT2D eigenvalue weighted by Gasteiger charge is 2.47. The molecular weight excluding hydrogens is 446 g/mol. The van der Waals surface area contributed by atoms with Gasteiger partial charge in [-0.05, 0) is 61.9 Å². The fourth-order valence-electron chi connectivity index (χ4n) is 4.16. The highest BCUT2D eigenvalue weighted by Crippen LogP contribution is 2.35. The zero-order valence-corrected chi connectivity index (χ0v) is 18.9. The van der Waals surface area contributed by atoms with Gasteiger partial charge in [0.2, 0.25) is 0 Å². The zero-order valence-electron chi connectivity index (χ0n) is 17.3. The first-order chi connectivity index (χ1) is 14.4. The van der Waals surface area contributed by atoms with Crippen molar-refractivity contribution in [2.45, 2.75) is 57.6 Å². The molecule has 158 valence electrons. The first-order valence-corrected chi connectivity index (χ1v) is 11.2. The Morgan fingerprint density at radius 1 is 1.17 bits per heavy atom. The van der Waals surface area contributed by atoms with E-state index < -0.39 is 11.5 Å². The number of hydrogen-bond donors (Lipinski definition) is 1. The van der Waals surface area contributed by atoms with Gasteiger partial charge >= 0.3 is 5.97 Å². The molecule has 2 aromatic rings. The van der Waals surface area contributed by atoms with Crippen molar-refractivity contribution in [1.82, 2.24) is 5.32 Å². The minimum absolute atomic E-state index is 0.145. The Morgan fingerprint density at radius 2 is 1.83 bits per heavy atom. The lowest BCUT2D eigenvalue weighted by Gasteiger charge is -2.30. The Balaban J connectivity index is 1.66. The van der Waals surface area contributed by atoms with Crippen molar-refractivity contribution in [3.05, 3.63) is 63.1 Å². The van der Waals surface area contributed by atoms with Crippen molar-refractivity contribution >= 4 is 27.8 Å². The molecule has 1 fully saturated rings. The molecule has 0 spiro atoms. The smallest absolute Gasteiger partial charge is 0.332 e. The Hall–Kier alpha value is -2.34. The van der Waals surface area contributed by atoms with Crippen LogP contribution in [0.4, 0.5) is 0 Å². The van der Waals surface area contributed by atoms with Gasteiger partial charge in [-0.1, -0.05) is 40.2 Å². The Morgan fingerprint density at radius 3 is 2.40 bits per heavy atom. The third-order valence-corrected chi connectivity index (χ3v) is 6.40. The third kappa shape index (κ3) is 3.97. The number of carbonyl (C=O) groups excluding carboxylic acids is 2. The summed E-state index contributed by atoms with van der Waals surface area (Å²) in [6, 6.07) is 11.6. The molecule has 6 heteroatoms. The lowest BCUT2D eigenvalue weighted by molar-refractivity contribution is -0.150. The molecule has 0 unspecified atom stereocenters. The largest absolute Gasteiger partial charge is 0.489 e. The van der Waals surface area contributed by atoms with E-state index in [9.17, 15) is 9.59 Å². The fourth-order valence-corrected chi connectivity index (χ4v) is 4.74.